The van der Waals surface area contributed by atoms with Gasteiger partial charge in [-0.15, -0.1) is 0 Å². The summed E-state index contributed by atoms with van der Waals surface area (Å²) < 4.78 is 10.6. The van der Waals surface area contributed by atoms with Gasteiger partial charge in [0.2, 0.25) is 0 Å². The molecule has 0 radical (unpaired) electrons. The minimum atomic E-state index is 0.324. The van der Waals surface area contributed by atoms with Gasteiger partial charge in [-0.2, -0.15) is 0 Å². The van der Waals surface area contributed by atoms with Crippen molar-refractivity contribution in [3.8, 4) is 11.5 Å². The van der Waals surface area contributed by atoms with E-state index in [1.807, 2.05) is 6.07 Å². The molecule has 0 amide bonds. The van der Waals surface area contributed by atoms with Gasteiger partial charge in [-0.3, -0.25) is 0 Å². The first-order valence-corrected chi connectivity index (χ1v) is 7.40. The number of nitrogens with one attached hydrogen (secondary N) is 2. The lowest BCUT2D eigenvalue weighted by molar-refractivity contribution is 0.342. The Hall–Kier alpha value is -1.26. The molecule has 1 aliphatic heterocycles. The standard InChI is InChI=1S/C16H26N2O2/c1-12(18-11-13-6-8-17-9-7-13)14-4-5-15(19-2)16(10-14)20-3/h4-5,10,12-13,17-18H,6-9,11H2,1-3H3. The summed E-state index contributed by atoms with van der Waals surface area (Å²) >= 11 is 0. The molecule has 4 heteroatoms. The van der Waals surface area contributed by atoms with Gasteiger partial charge >= 0.3 is 0 Å². The zero-order valence-electron chi connectivity index (χ0n) is 12.7. The Bertz CT molecular complexity index is 417. The Morgan fingerprint density at radius 1 is 1.20 bits per heavy atom. The van der Waals surface area contributed by atoms with Crippen LogP contribution in [0, 0.1) is 5.92 Å². The summed E-state index contributed by atoms with van der Waals surface area (Å²) in [6, 6.07) is 6.45. The van der Waals surface area contributed by atoms with Gasteiger partial charge in [0.25, 0.3) is 0 Å². The maximum absolute atomic E-state index is 5.36. The number of methoxy groups -OCH3 is 2. The Balaban J connectivity index is 1.92. The van der Waals surface area contributed by atoms with Crippen molar-refractivity contribution >= 4 is 0 Å². The van der Waals surface area contributed by atoms with Crippen LogP contribution in [0.25, 0.3) is 0 Å². The number of hydrogen-bond donors (Lipinski definition) is 2. The van der Waals surface area contributed by atoms with Crippen molar-refractivity contribution in [1.29, 1.82) is 0 Å². The quantitative estimate of drug-likeness (QED) is 0.838. The maximum Gasteiger partial charge on any atom is 0.161 e. The highest BCUT2D eigenvalue weighted by molar-refractivity contribution is 5.43. The summed E-state index contributed by atoms with van der Waals surface area (Å²) in [7, 11) is 3.34. The Kier molecular flexibility index (Phi) is 5.68. The molecule has 112 valence electrons. The van der Waals surface area contributed by atoms with Crippen LogP contribution in [0.3, 0.4) is 0 Å². The normalized spacial score (nSPS) is 17.8. The van der Waals surface area contributed by atoms with Gasteiger partial charge < -0.3 is 20.1 Å². The van der Waals surface area contributed by atoms with E-state index in [2.05, 4.69) is 29.7 Å². The molecule has 1 heterocycles. The van der Waals surface area contributed by atoms with Crippen LogP contribution in [0.2, 0.25) is 0 Å². The molecule has 0 spiro atoms. The second-order valence-corrected chi connectivity index (χ2v) is 5.44. The van der Waals surface area contributed by atoms with Gasteiger partial charge in [0.05, 0.1) is 14.2 Å². The third kappa shape index (κ3) is 3.87. The van der Waals surface area contributed by atoms with Crippen LogP contribution in [-0.4, -0.2) is 33.9 Å². The number of hydrogen-bond acceptors (Lipinski definition) is 4. The van der Waals surface area contributed by atoms with Gasteiger partial charge in [-0.05, 0) is 63.0 Å². The minimum Gasteiger partial charge on any atom is -0.493 e. The predicted molar refractivity (Wildman–Crippen MR) is 81.6 cm³/mol. The summed E-state index contributed by atoms with van der Waals surface area (Å²) in [5.41, 5.74) is 1.23. The molecular formula is C16H26N2O2. The van der Waals surface area contributed by atoms with Gasteiger partial charge in [-0.25, -0.2) is 0 Å². The Morgan fingerprint density at radius 2 is 1.90 bits per heavy atom. The molecule has 1 unspecified atom stereocenters. The van der Waals surface area contributed by atoms with E-state index < -0.39 is 0 Å². The third-order valence-electron chi connectivity index (χ3n) is 4.08. The van der Waals surface area contributed by atoms with Crippen molar-refractivity contribution in [3.63, 3.8) is 0 Å². The first kappa shape index (κ1) is 15.1. The topological polar surface area (TPSA) is 42.5 Å². The molecule has 1 aromatic rings. The highest BCUT2D eigenvalue weighted by Gasteiger charge is 2.15. The number of benzene rings is 1. The van der Waals surface area contributed by atoms with Crippen LogP contribution < -0.4 is 20.1 Å². The van der Waals surface area contributed by atoms with E-state index in [1.165, 1.54) is 18.4 Å². The van der Waals surface area contributed by atoms with Crippen LogP contribution in [0.4, 0.5) is 0 Å². The van der Waals surface area contributed by atoms with Gasteiger partial charge in [0.15, 0.2) is 11.5 Å². The van der Waals surface area contributed by atoms with Crippen LogP contribution in [0.5, 0.6) is 11.5 Å². The fraction of sp³-hybridized carbons (Fsp3) is 0.625. The SMILES string of the molecule is COc1ccc(C(C)NCC2CCNCC2)cc1OC. The second kappa shape index (κ2) is 7.50. The van der Waals surface area contributed by atoms with E-state index in [9.17, 15) is 0 Å². The highest BCUT2D eigenvalue weighted by atomic mass is 16.5. The molecule has 1 aliphatic rings. The van der Waals surface area contributed by atoms with Crippen molar-refractivity contribution in [2.45, 2.75) is 25.8 Å². The maximum atomic E-state index is 5.36. The molecular weight excluding hydrogens is 252 g/mol. The predicted octanol–water partition coefficient (Wildman–Crippen LogP) is 2.35. The van der Waals surface area contributed by atoms with Gasteiger partial charge in [0.1, 0.15) is 0 Å². The zero-order valence-corrected chi connectivity index (χ0v) is 12.7. The Labute approximate surface area is 121 Å². The summed E-state index contributed by atoms with van der Waals surface area (Å²) in [5.74, 6) is 2.36. The first-order chi connectivity index (χ1) is 9.74. The zero-order chi connectivity index (χ0) is 14.4. The van der Waals surface area contributed by atoms with Crippen LogP contribution in [0.1, 0.15) is 31.4 Å². The van der Waals surface area contributed by atoms with Crippen molar-refractivity contribution < 1.29 is 9.47 Å². The highest BCUT2D eigenvalue weighted by Crippen LogP contribution is 2.30. The van der Waals surface area contributed by atoms with E-state index in [-0.39, 0.29) is 0 Å². The number of ether oxygens (including phenoxy) is 2. The van der Waals surface area contributed by atoms with Crippen molar-refractivity contribution in [1.82, 2.24) is 10.6 Å². The minimum absolute atomic E-state index is 0.324. The summed E-state index contributed by atoms with van der Waals surface area (Å²) in [4.78, 5) is 0. The molecule has 0 aromatic heterocycles. The average Bonchev–Trinajstić information content (AvgIpc) is 2.52. The Morgan fingerprint density at radius 3 is 2.55 bits per heavy atom. The van der Waals surface area contributed by atoms with E-state index >= 15 is 0 Å². The molecule has 2 rings (SSSR count). The van der Waals surface area contributed by atoms with Crippen molar-refractivity contribution in [2.75, 3.05) is 33.9 Å². The summed E-state index contributed by atoms with van der Waals surface area (Å²) in [6.45, 7) is 5.58. The van der Waals surface area contributed by atoms with Crippen LogP contribution in [-0.2, 0) is 0 Å². The molecule has 20 heavy (non-hydrogen) atoms. The molecule has 4 nitrogen and oxygen atoms in total. The monoisotopic (exact) mass is 278 g/mol. The third-order valence-corrected chi connectivity index (χ3v) is 4.08. The molecule has 0 aliphatic carbocycles. The van der Waals surface area contributed by atoms with Crippen molar-refractivity contribution in [3.05, 3.63) is 23.8 Å². The lowest BCUT2D eigenvalue weighted by atomic mass is 9.97. The number of rotatable bonds is 6. The molecule has 0 bridgehead atoms. The molecule has 1 saturated heterocycles. The van der Waals surface area contributed by atoms with Crippen molar-refractivity contribution in [2.24, 2.45) is 5.92 Å². The largest absolute Gasteiger partial charge is 0.493 e. The molecule has 1 fully saturated rings. The van der Waals surface area contributed by atoms with Crippen LogP contribution >= 0.6 is 0 Å². The number of piperidine rings is 1. The van der Waals surface area contributed by atoms with Crippen LogP contribution in [0.15, 0.2) is 18.2 Å². The van der Waals surface area contributed by atoms with E-state index in [0.717, 1.165) is 37.1 Å². The molecule has 0 saturated carbocycles. The average molecular weight is 278 g/mol. The van der Waals surface area contributed by atoms with E-state index in [1.54, 1.807) is 14.2 Å². The van der Waals surface area contributed by atoms with E-state index in [0.29, 0.717) is 6.04 Å². The smallest absolute Gasteiger partial charge is 0.161 e. The second-order valence-electron chi connectivity index (χ2n) is 5.44. The van der Waals surface area contributed by atoms with Gasteiger partial charge in [0, 0.05) is 6.04 Å². The fourth-order valence-electron chi connectivity index (χ4n) is 2.67. The van der Waals surface area contributed by atoms with E-state index in [4.69, 9.17) is 9.47 Å². The fourth-order valence-corrected chi connectivity index (χ4v) is 2.67. The summed E-state index contributed by atoms with van der Waals surface area (Å²) in [5, 5.41) is 7.04. The molecule has 1 atom stereocenters. The van der Waals surface area contributed by atoms with Gasteiger partial charge in [-0.1, -0.05) is 6.07 Å². The molecule has 1 aromatic carbocycles. The first-order valence-electron chi connectivity index (χ1n) is 7.40. The lowest BCUT2D eigenvalue weighted by Gasteiger charge is -2.25. The molecule has 2 N–H and O–H groups in total. The lowest BCUT2D eigenvalue weighted by Crippen LogP contribution is -2.34. The summed E-state index contributed by atoms with van der Waals surface area (Å²) in [6.07, 6.45) is 2.54.